The molecule has 0 radical (unpaired) electrons. The van der Waals surface area contributed by atoms with Gasteiger partial charge in [0, 0.05) is 29.1 Å². The minimum atomic E-state index is -0.328. The normalized spacial score (nSPS) is 14.8. The highest BCUT2D eigenvalue weighted by molar-refractivity contribution is 7.98. The molecule has 8 nitrogen and oxygen atoms in total. The highest BCUT2D eigenvalue weighted by Crippen LogP contribution is 2.35. The van der Waals surface area contributed by atoms with Gasteiger partial charge in [0.25, 0.3) is 0 Å². The molecule has 1 saturated heterocycles. The molecule has 1 aliphatic heterocycles. The van der Waals surface area contributed by atoms with Gasteiger partial charge in [-0.2, -0.15) is 0 Å². The van der Waals surface area contributed by atoms with Crippen molar-refractivity contribution >= 4 is 34.6 Å². The zero-order chi connectivity index (χ0) is 23.2. The summed E-state index contributed by atoms with van der Waals surface area (Å²) >= 11 is 1.13. The van der Waals surface area contributed by atoms with Crippen molar-refractivity contribution in [3.8, 4) is 11.5 Å². The number of nitrogens with zero attached hydrogens (tertiary/aromatic N) is 3. The van der Waals surface area contributed by atoms with Gasteiger partial charge in [-0.1, -0.05) is 18.2 Å². The van der Waals surface area contributed by atoms with Crippen molar-refractivity contribution in [2.75, 3.05) is 39.2 Å². The molecule has 174 valence electrons. The number of methoxy groups -OCH3 is 1. The van der Waals surface area contributed by atoms with E-state index in [1.807, 2.05) is 43.3 Å². The van der Waals surface area contributed by atoms with Gasteiger partial charge in [-0.15, -0.1) is 0 Å². The molecular formula is C24H29N5O3S. The van der Waals surface area contributed by atoms with E-state index in [0.717, 1.165) is 60.0 Å². The highest BCUT2D eigenvalue weighted by Gasteiger charge is 2.19. The summed E-state index contributed by atoms with van der Waals surface area (Å²) in [5.74, 6) is 1.83. The van der Waals surface area contributed by atoms with E-state index in [4.69, 9.17) is 9.47 Å². The number of anilines is 1. The number of fused-ring (bicyclic) bond motifs is 1. The second-order valence-electron chi connectivity index (χ2n) is 8.23. The first kappa shape index (κ1) is 23.1. The summed E-state index contributed by atoms with van der Waals surface area (Å²) in [6.45, 7) is 4.80. The third-order valence-corrected chi connectivity index (χ3v) is 6.64. The average molecular weight is 468 g/mol. The molecule has 2 N–H and O–H groups in total. The van der Waals surface area contributed by atoms with Crippen LogP contribution in [-0.2, 0) is 0 Å². The van der Waals surface area contributed by atoms with E-state index >= 15 is 0 Å². The summed E-state index contributed by atoms with van der Waals surface area (Å²) in [5, 5.41) is 4.25. The molecule has 0 bridgehead atoms. The minimum Gasteiger partial charge on any atom is -0.493 e. The van der Waals surface area contributed by atoms with Crippen LogP contribution in [0.3, 0.4) is 0 Å². The maximum Gasteiger partial charge on any atom is 0.329 e. The molecule has 2 amide bonds. The topological polar surface area (TPSA) is 88.6 Å². The van der Waals surface area contributed by atoms with Crippen molar-refractivity contribution in [1.29, 1.82) is 0 Å². The van der Waals surface area contributed by atoms with E-state index in [0.29, 0.717) is 29.0 Å². The molecule has 0 atom stereocenters. The second-order valence-corrected chi connectivity index (χ2v) is 9.02. The number of urea groups is 1. The Hall–Kier alpha value is -3.04. The number of amides is 2. The van der Waals surface area contributed by atoms with Crippen LogP contribution in [0.1, 0.15) is 18.4 Å². The maximum atomic E-state index is 12.4. The lowest BCUT2D eigenvalue weighted by Gasteiger charge is -2.28. The van der Waals surface area contributed by atoms with Crippen molar-refractivity contribution in [2.45, 2.75) is 24.8 Å². The Morgan fingerprint density at radius 3 is 2.73 bits per heavy atom. The summed E-state index contributed by atoms with van der Waals surface area (Å²) in [4.78, 5) is 23.5. The van der Waals surface area contributed by atoms with E-state index in [1.165, 1.54) is 6.33 Å². The molecule has 0 unspecified atom stereocenters. The molecule has 2 aromatic carbocycles. The van der Waals surface area contributed by atoms with Gasteiger partial charge in [0.15, 0.2) is 11.5 Å². The Morgan fingerprint density at radius 2 is 1.97 bits per heavy atom. The predicted molar refractivity (Wildman–Crippen MR) is 131 cm³/mol. The molecule has 2 heterocycles. The number of aromatic nitrogens is 2. The number of hydrogen-bond donors (Lipinski definition) is 2. The van der Waals surface area contributed by atoms with Gasteiger partial charge in [0.05, 0.1) is 19.2 Å². The molecule has 0 spiro atoms. The number of piperidine rings is 1. The maximum absolute atomic E-state index is 12.4. The van der Waals surface area contributed by atoms with Crippen molar-refractivity contribution < 1.29 is 14.3 Å². The molecular weight excluding hydrogens is 438 g/mol. The first-order valence-electron chi connectivity index (χ1n) is 11.0. The Balaban J connectivity index is 1.44. The molecule has 1 aliphatic rings. The van der Waals surface area contributed by atoms with Crippen LogP contribution < -0.4 is 19.5 Å². The van der Waals surface area contributed by atoms with Crippen LogP contribution in [-0.4, -0.2) is 54.8 Å². The third-order valence-electron chi connectivity index (χ3n) is 5.83. The van der Waals surface area contributed by atoms with Gasteiger partial charge < -0.3 is 19.7 Å². The number of benzene rings is 2. The number of carbonyl (C=O) groups is 1. The smallest absolute Gasteiger partial charge is 0.329 e. The lowest BCUT2D eigenvalue weighted by molar-refractivity contribution is 0.157. The number of rotatable bonds is 7. The Bertz CT molecular complexity index is 1120. The van der Waals surface area contributed by atoms with Crippen LogP contribution in [0.2, 0.25) is 0 Å². The van der Waals surface area contributed by atoms with Gasteiger partial charge in [-0.05, 0) is 63.5 Å². The van der Waals surface area contributed by atoms with Crippen LogP contribution in [0, 0.1) is 12.8 Å². The molecule has 33 heavy (non-hydrogen) atoms. The fraction of sp³-hybridized carbons (Fsp3) is 0.375. The zero-order valence-corrected chi connectivity index (χ0v) is 19.9. The van der Waals surface area contributed by atoms with Crippen LogP contribution in [0.5, 0.6) is 11.5 Å². The quantitative estimate of drug-likeness (QED) is 0.391. The summed E-state index contributed by atoms with van der Waals surface area (Å²) in [5.41, 5.74) is 2.48. The lowest BCUT2D eigenvalue weighted by atomic mass is 9.98. The zero-order valence-electron chi connectivity index (χ0n) is 19.1. The summed E-state index contributed by atoms with van der Waals surface area (Å²) in [6, 6.07) is 11.0. The SMILES string of the molecule is COc1cc2c(SNC(=O)Nc3ccccc3C)ncnc2cc1OCC1CCN(C)CC1. The van der Waals surface area contributed by atoms with Crippen molar-refractivity contribution in [3.05, 3.63) is 48.3 Å². The van der Waals surface area contributed by atoms with Gasteiger partial charge in [0.1, 0.15) is 11.4 Å². The van der Waals surface area contributed by atoms with Gasteiger partial charge in [0.2, 0.25) is 0 Å². The monoisotopic (exact) mass is 467 g/mol. The first-order chi connectivity index (χ1) is 16.0. The number of para-hydroxylation sites is 1. The highest BCUT2D eigenvalue weighted by atomic mass is 32.2. The van der Waals surface area contributed by atoms with Crippen molar-refractivity contribution in [2.24, 2.45) is 5.92 Å². The molecule has 0 aliphatic carbocycles. The number of aryl methyl sites for hydroxylation is 1. The van der Waals surface area contributed by atoms with Crippen molar-refractivity contribution in [1.82, 2.24) is 19.6 Å². The van der Waals surface area contributed by atoms with E-state index in [2.05, 4.69) is 32.0 Å². The van der Waals surface area contributed by atoms with Gasteiger partial charge in [-0.3, -0.25) is 4.72 Å². The van der Waals surface area contributed by atoms with E-state index in [9.17, 15) is 4.79 Å². The van der Waals surface area contributed by atoms with Crippen LogP contribution >= 0.6 is 11.9 Å². The second kappa shape index (κ2) is 10.7. The fourth-order valence-electron chi connectivity index (χ4n) is 3.79. The molecule has 9 heteroatoms. The summed E-state index contributed by atoms with van der Waals surface area (Å²) < 4.78 is 14.5. The number of nitrogens with one attached hydrogen (secondary N) is 2. The number of ether oxygens (including phenoxy) is 2. The Labute approximate surface area is 198 Å². The van der Waals surface area contributed by atoms with E-state index in [-0.39, 0.29) is 6.03 Å². The molecule has 3 aromatic rings. The molecule has 0 saturated carbocycles. The molecule has 4 rings (SSSR count). The predicted octanol–water partition coefficient (Wildman–Crippen LogP) is 4.50. The van der Waals surface area contributed by atoms with Crippen LogP contribution in [0.15, 0.2) is 47.8 Å². The Morgan fingerprint density at radius 1 is 1.18 bits per heavy atom. The lowest BCUT2D eigenvalue weighted by Crippen LogP contribution is -2.32. The number of carbonyl (C=O) groups excluding carboxylic acids is 1. The largest absolute Gasteiger partial charge is 0.493 e. The Kier molecular flexibility index (Phi) is 7.51. The fourth-order valence-corrected chi connectivity index (χ4v) is 4.40. The average Bonchev–Trinajstić information content (AvgIpc) is 2.83. The van der Waals surface area contributed by atoms with Gasteiger partial charge in [-0.25, -0.2) is 14.8 Å². The summed E-state index contributed by atoms with van der Waals surface area (Å²) in [6.07, 6.45) is 3.75. The minimum absolute atomic E-state index is 0.328. The standard InChI is InChI=1S/C24H29N5O3S/c1-16-6-4-5-7-19(16)27-24(30)28-33-23-18-12-21(31-3)22(13-20(18)25-15-26-23)32-14-17-8-10-29(2)11-9-17/h4-7,12-13,15,17H,8-11,14H2,1-3H3,(H2,27,28,30). The third kappa shape index (κ3) is 5.85. The van der Waals surface area contributed by atoms with E-state index < -0.39 is 0 Å². The number of hydrogen-bond acceptors (Lipinski definition) is 7. The van der Waals surface area contributed by atoms with Crippen LogP contribution in [0.4, 0.5) is 10.5 Å². The molecule has 1 fully saturated rings. The van der Waals surface area contributed by atoms with Crippen molar-refractivity contribution in [3.63, 3.8) is 0 Å². The van der Waals surface area contributed by atoms with Crippen LogP contribution in [0.25, 0.3) is 10.9 Å². The summed E-state index contributed by atoms with van der Waals surface area (Å²) in [7, 11) is 3.77. The first-order valence-corrected chi connectivity index (χ1v) is 11.8. The van der Waals surface area contributed by atoms with Gasteiger partial charge >= 0.3 is 6.03 Å². The molecule has 1 aromatic heterocycles. The number of likely N-dealkylation sites (tertiary alicyclic amines) is 1. The van der Waals surface area contributed by atoms with E-state index in [1.54, 1.807) is 7.11 Å².